The zero-order valence-electron chi connectivity index (χ0n) is 13.9. The number of aromatic nitrogens is 4. The number of rotatable bonds is 3. The molecule has 1 saturated heterocycles. The zero-order chi connectivity index (χ0) is 17.5. The average molecular weight is 335 g/mol. The van der Waals surface area contributed by atoms with Crippen LogP contribution in [-0.4, -0.2) is 38.2 Å². The largest absolute Gasteiger partial charge is 0.463 e. The van der Waals surface area contributed by atoms with Gasteiger partial charge in [0, 0.05) is 0 Å². The Morgan fingerprint density at radius 1 is 1.50 bits per heavy atom. The van der Waals surface area contributed by atoms with Gasteiger partial charge in [-0.15, -0.1) is 0 Å². The van der Waals surface area contributed by atoms with E-state index in [1.807, 2.05) is 0 Å². The molecule has 0 spiro atoms. The maximum Gasteiger partial charge on any atom is 0.311 e. The third-order valence-electron chi connectivity index (χ3n) is 3.86. The number of anilines is 1. The Hall–Kier alpha value is -2.42. The van der Waals surface area contributed by atoms with E-state index < -0.39 is 5.41 Å². The standard InChI is InChI=1S/C15H21N5O4/c1-15(2,3)13(22)23-6-8-4-5-9(24-8)20-7-17-10-11(20)18-14(16)19-12(10)21/h7-9H,4-6H2,1-3H3,(H3,16,18,19,21). The number of nitrogens with two attached hydrogens (primary N) is 1. The van der Waals surface area contributed by atoms with Gasteiger partial charge in [-0.2, -0.15) is 4.98 Å². The van der Waals surface area contributed by atoms with Crippen LogP contribution in [0.3, 0.4) is 0 Å². The molecule has 2 aromatic rings. The third-order valence-corrected chi connectivity index (χ3v) is 3.86. The van der Waals surface area contributed by atoms with Crippen LogP contribution in [0.5, 0.6) is 0 Å². The van der Waals surface area contributed by atoms with E-state index in [4.69, 9.17) is 15.2 Å². The van der Waals surface area contributed by atoms with E-state index in [9.17, 15) is 9.59 Å². The highest BCUT2D eigenvalue weighted by Gasteiger charge is 2.31. The minimum absolute atomic E-state index is 0.0305. The summed E-state index contributed by atoms with van der Waals surface area (Å²) in [5.74, 6) is -0.230. The summed E-state index contributed by atoms with van der Waals surface area (Å²) in [6, 6.07) is 0. The zero-order valence-corrected chi connectivity index (χ0v) is 13.9. The molecule has 130 valence electrons. The minimum Gasteiger partial charge on any atom is -0.463 e. The van der Waals surface area contributed by atoms with Gasteiger partial charge in [-0.1, -0.05) is 0 Å². The van der Waals surface area contributed by atoms with Crippen LogP contribution >= 0.6 is 0 Å². The van der Waals surface area contributed by atoms with E-state index >= 15 is 0 Å². The molecule has 3 heterocycles. The van der Waals surface area contributed by atoms with Gasteiger partial charge in [0.15, 0.2) is 11.2 Å². The molecule has 0 aromatic carbocycles. The lowest BCUT2D eigenvalue weighted by Gasteiger charge is -2.19. The molecule has 0 saturated carbocycles. The number of ether oxygens (including phenoxy) is 2. The molecular weight excluding hydrogens is 314 g/mol. The Balaban J connectivity index is 1.70. The molecule has 0 amide bonds. The first-order chi connectivity index (χ1) is 11.3. The number of hydrogen-bond acceptors (Lipinski definition) is 7. The fourth-order valence-electron chi connectivity index (χ4n) is 2.55. The van der Waals surface area contributed by atoms with Crippen molar-refractivity contribution in [2.75, 3.05) is 12.3 Å². The van der Waals surface area contributed by atoms with Crippen LogP contribution in [-0.2, 0) is 14.3 Å². The number of hydrogen-bond donors (Lipinski definition) is 2. The van der Waals surface area contributed by atoms with Crippen molar-refractivity contribution >= 4 is 23.1 Å². The van der Waals surface area contributed by atoms with Crippen molar-refractivity contribution in [3.8, 4) is 0 Å². The summed E-state index contributed by atoms with van der Waals surface area (Å²) in [7, 11) is 0. The summed E-state index contributed by atoms with van der Waals surface area (Å²) in [5.41, 5.74) is 5.27. The first-order valence-electron chi connectivity index (χ1n) is 7.80. The van der Waals surface area contributed by atoms with Gasteiger partial charge in [-0.3, -0.25) is 19.1 Å². The molecule has 1 aliphatic rings. The fraction of sp³-hybridized carbons (Fsp3) is 0.600. The molecular formula is C15H21N5O4. The monoisotopic (exact) mass is 335 g/mol. The van der Waals surface area contributed by atoms with Crippen molar-refractivity contribution in [2.45, 2.75) is 45.9 Å². The van der Waals surface area contributed by atoms with Crippen molar-refractivity contribution in [1.29, 1.82) is 0 Å². The van der Waals surface area contributed by atoms with Crippen molar-refractivity contribution in [3.05, 3.63) is 16.7 Å². The van der Waals surface area contributed by atoms with Gasteiger partial charge in [0.1, 0.15) is 12.8 Å². The van der Waals surface area contributed by atoms with Crippen LogP contribution in [0.25, 0.3) is 11.2 Å². The number of esters is 1. The van der Waals surface area contributed by atoms with Crippen LogP contribution in [0.4, 0.5) is 5.95 Å². The van der Waals surface area contributed by atoms with Crippen LogP contribution in [0, 0.1) is 5.41 Å². The molecule has 0 aliphatic carbocycles. The molecule has 9 nitrogen and oxygen atoms in total. The van der Waals surface area contributed by atoms with Gasteiger partial charge in [0.25, 0.3) is 5.56 Å². The number of carbonyl (C=O) groups is 1. The molecule has 0 radical (unpaired) electrons. The fourth-order valence-corrected chi connectivity index (χ4v) is 2.55. The summed E-state index contributed by atoms with van der Waals surface area (Å²) in [4.78, 5) is 34.3. The second-order valence-electron chi connectivity index (χ2n) is 6.91. The van der Waals surface area contributed by atoms with Gasteiger partial charge in [0.05, 0.1) is 17.8 Å². The van der Waals surface area contributed by atoms with Crippen LogP contribution in [0.15, 0.2) is 11.1 Å². The second kappa shape index (κ2) is 5.90. The van der Waals surface area contributed by atoms with E-state index in [0.717, 1.165) is 6.42 Å². The predicted octanol–water partition coefficient (Wildman–Crippen LogP) is 0.969. The highest BCUT2D eigenvalue weighted by molar-refractivity contribution is 5.75. The number of nitrogen functional groups attached to an aromatic ring is 1. The lowest BCUT2D eigenvalue weighted by Crippen LogP contribution is -2.27. The van der Waals surface area contributed by atoms with E-state index in [2.05, 4.69) is 15.0 Å². The van der Waals surface area contributed by atoms with Crippen molar-refractivity contribution < 1.29 is 14.3 Å². The smallest absolute Gasteiger partial charge is 0.311 e. The quantitative estimate of drug-likeness (QED) is 0.800. The highest BCUT2D eigenvalue weighted by Crippen LogP contribution is 2.30. The Kier molecular flexibility index (Phi) is 4.04. The summed E-state index contributed by atoms with van der Waals surface area (Å²) in [6.45, 7) is 5.62. The lowest BCUT2D eigenvalue weighted by atomic mass is 9.97. The molecule has 3 N–H and O–H groups in total. The van der Waals surface area contributed by atoms with Gasteiger partial charge in [0.2, 0.25) is 5.95 Å². The van der Waals surface area contributed by atoms with Crippen molar-refractivity contribution in [1.82, 2.24) is 19.5 Å². The summed E-state index contributed by atoms with van der Waals surface area (Å²) >= 11 is 0. The van der Waals surface area contributed by atoms with Gasteiger partial charge in [-0.25, -0.2) is 4.98 Å². The van der Waals surface area contributed by atoms with Crippen molar-refractivity contribution in [3.63, 3.8) is 0 Å². The minimum atomic E-state index is -0.541. The van der Waals surface area contributed by atoms with Crippen LogP contribution < -0.4 is 11.3 Å². The summed E-state index contributed by atoms with van der Waals surface area (Å²) < 4.78 is 12.9. The first kappa shape index (κ1) is 16.4. The summed E-state index contributed by atoms with van der Waals surface area (Å²) in [5, 5.41) is 0. The number of nitrogens with zero attached hydrogens (tertiary/aromatic N) is 3. The van der Waals surface area contributed by atoms with Crippen molar-refractivity contribution in [2.24, 2.45) is 5.41 Å². The molecule has 1 fully saturated rings. The van der Waals surface area contributed by atoms with Gasteiger partial charge in [-0.05, 0) is 33.6 Å². The van der Waals surface area contributed by atoms with Gasteiger partial charge < -0.3 is 15.2 Å². The lowest BCUT2D eigenvalue weighted by molar-refractivity contribution is -0.157. The van der Waals surface area contributed by atoms with Gasteiger partial charge >= 0.3 is 5.97 Å². The van der Waals surface area contributed by atoms with Crippen LogP contribution in [0.2, 0.25) is 0 Å². The third kappa shape index (κ3) is 3.12. The number of imidazole rings is 1. The van der Waals surface area contributed by atoms with E-state index in [1.165, 1.54) is 6.33 Å². The molecule has 9 heteroatoms. The van der Waals surface area contributed by atoms with E-state index in [-0.39, 0.29) is 41.9 Å². The molecule has 1 aliphatic heterocycles. The maximum absolute atomic E-state index is 11.8. The molecule has 0 bridgehead atoms. The molecule has 3 rings (SSSR count). The highest BCUT2D eigenvalue weighted by atomic mass is 16.6. The maximum atomic E-state index is 11.8. The molecule has 24 heavy (non-hydrogen) atoms. The summed E-state index contributed by atoms with van der Waals surface area (Å²) in [6.07, 6.45) is 2.44. The molecule has 2 aromatic heterocycles. The second-order valence-corrected chi connectivity index (χ2v) is 6.91. The van der Waals surface area contributed by atoms with E-state index in [0.29, 0.717) is 12.1 Å². The molecule has 2 unspecified atom stereocenters. The molecule has 2 atom stereocenters. The topological polar surface area (TPSA) is 125 Å². The normalized spacial score (nSPS) is 21.3. The number of H-pyrrole nitrogens is 1. The Bertz CT molecular complexity index is 819. The average Bonchev–Trinajstić information content (AvgIpc) is 3.09. The predicted molar refractivity (Wildman–Crippen MR) is 86.1 cm³/mol. The number of aromatic amines is 1. The Morgan fingerprint density at radius 3 is 2.96 bits per heavy atom. The van der Waals surface area contributed by atoms with Crippen LogP contribution in [0.1, 0.15) is 39.8 Å². The Labute approximate surface area is 138 Å². The Morgan fingerprint density at radius 2 is 2.25 bits per heavy atom. The van der Waals surface area contributed by atoms with E-state index in [1.54, 1.807) is 25.3 Å². The number of nitrogens with one attached hydrogen (secondary N) is 1. The first-order valence-corrected chi connectivity index (χ1v) is 7.80. The SMILES string of the molecule is CC(C)(C)C(=O)OCC1CCC(n2cnc3c(=O)[nH]c(N)nc32)O1. The number of carbonyl (C=O) groups excluding carboxylic acids is 1. The number of fused-ring (bicyclic) bond motifs is 1.